The summed E-state index contributed by atoms with van der Waals surface area (Å²) in [4.78, 5) is 25.2. The standard InChI is InChI=1S/C14H17NO3S/c1-2-11(10-6-4-3-5-7-10)13(16)15-9-19-8-12(15)14(17)18/h3-7,11-12H,2,8-9H2,1H3,(H,17,18)/t11?,12-/m0/s1. The summed E-state index contributed by atoms with van der Waals surface area (Å²) in [6.07, 6.45) is 0.677. The van der Waals surface area contributed by atoms with Crippen molar-refractivity contribution in [2.45, 2.75) is 25.3 Å². The molecule has 19 heavy (non-hydrogen) atoms. The van der Waals surface area contributed by atoms with Gasteiger partial charge in [-0.3, -0.25) is 4.79 Å². The van der Waals surface area contributed by atoms with Crippen molar-refractivity contribution in [3.05, 3.63) is 35.9 Å². The quantitative estimate of drug-likeness (QED) is 0.917. The van der Waals surface area contributed by atoms with Crippen LogP contribution in [0.1, 0.15) is 24.8 Å². The van der Waals surface area contributed by atoms with Crippen molar-refractivity contribution in [1.29, 1.82) is 0 Å². The van der Waals surface area contributed by atoms with E-state index in [4.69, 9.17) is 5.11 Å². The molecule has 0 aromatic heterocycles. The second kappa shape index (κ2) is 6.10. The van der Waals surface area contributed by atoms with Crippen LogP contribution in [0.25, 0.3) is 0 Å². The second-order valence-electron chi connectivity index (χ2n) is 4.53. The van der Waals surface area contributed by atoms with Gasteiger partial charge in [0, 0.05) is 5.75 Å². The van der Waals surface area contributed by atoms with Gasteiger partial charge in [-0.1, -0.05) is 37.3 Å². The Bertz CT molecular complexity index is 463. The normalized spacial score (nSPS) is 20.3. The number of thioether (sulfide) groups is 1. The molecular formula is C14H17NO3S. The van der Waals surface area contributed by atoms with Crippen molar-refractivity contribution in [2.75, 3.05) is 11.6 Å². The largest absolute Gasteiger partial charge is 0.480 e. The Morgan fingerprint density at radius 1 is 1.42 bits per heavy atom. The van der Waals surface area contributed by atoms with Gasteiger partial charge in [0.25, 0.3) is 0 Å². The topological polar surface area (TPSA) is 57.6 Å². The average molecular weight is 279 g/mol. The number of carbonyl (C=O) groups excluding carboxylic acids is 1. The van der Waals surface area contributed by atoms with Gasteiger partial charge in [-0.05, 0) is 12.0 Å². The molecule has 1 fully saturated rings. The van der Waals surface area contributed by atoms with Crippen LogP contribution in [0.4, 0.5) is 0 Å². The first-order valence-corrected chi connectivity index (χ1v) is 7.46. The molecule has 102 valence electrons. The zero-order valence-electron chi connectivity index (χ0n) is 10.8. The fourth-order valence-electron chi connectivity index (χ4n) is 2.30. The zero-order chi connectivity index (χ0) is 13.8. The van der Waals surface area contributed by atoms with Gasteiger partial charge in [0.2, 0.25) is 5.91 Å². The van der Waals surface area contributed by atoms with Crippen molar-refractivity contribution in [3.8, 4) is 0 Å². The molecule has 1 heterocycles. The van der Waals surface area contributed by atoms with Crippen LogP contribution in [-0.2, 0) is 9.59 Å². The molecule has 5 heteroatoms. The van der Waals surface area contributed by atoms with Crippen LogP contribution in [0.15, 0.2) is 30.3 Å². The van der Waals surface area contributed by atoms with Gasteiger partial charge in [-0.15, -0.1) is 11.8 Å². The van der Waals surface area contributed by atoms with Gasteiger partial charge < -0.3 is 10.0 Å². The summed E-state index contributed by atoms with van der Waals surface area (Å²) in [6.45, 7) is 1.95. The molecule has 1 saturated heterocycles. The average Bonchev–Trinajstić information content (AvgIpc) is 2.90. The van der Waals surface area contributed by atoms with Crippen LogP contribution >= 0.6 is 11.8 Å². The molecule has 1 unspecified atom stereocenters. The van der Waals surface area contributed by atoms with Crippen LogP contribution in [0.5, 0.6) is 0 Å². The smallest absolute Gasteiger partial charge is 0.327 e. The van der Waals surface area contributed by atoms with E-state index in [1.165, 1.54) is 16.7 Å². The van der Waals surface area contributed by atoms with E-state index in [2.05, 4.69) is 0 Å². The highest BCUT2D eigenvalue weighted by atomic mass is 32.2. The summed E-state index contributed by atoms with van der Waals surface area (Å²) in [5.41, 5.74) is 0.955. The minimum Gasteiger partial charge on any atom is -0.480 e. The summed E-state index contributed by atoms with van der Waals surface area (Å²) < 4.78 is 0. The minimum absolute atomic E-state index is 0.0777. The van der Waals surface area contributed by atoms with E-state index in [-0.39, 0.29) is 11.8 Å². The molecule has 1 aliphatic heterocycles. The number of nitrogens with zero attached hydrogens (tertiary/aromatic N) is 1. The van der Waals surface area contributed by atoms with Crippen LogP contribution in [0.2, 0.25) is 0 Å². The third-order valence-corrected chi connectivity index (χ3v) is 4.37. The summed E-state index contributed by atoms with van der Waals surface area (Å²) in [5, 5.41) is 9.15. The fourth-order valence-corrected chi connectivity index (χ4v) is 3.46. The Morgan fingerprint density at radius 3 is 2.68 bits per heavy atom. The zero-order valence-corrected chi connectivity index (χ0v) is 11.6. The van der Waals surface area contributed by atoms with Crippen molar-refractivity contribution in [3.63, 3.8) is 0 Å². The Balaban J connectivity index is 2.19. The van der Waals surface area contributed by atoms with Crippen molar-refractivity contribution < 1.29 is 14.7 Å². The highest BCUT2D eigenvalue weighted by molar-refractivity contribution is 7.99. The molecule has 0 saturated carbocycles. The monoisotopic (exact) mass is 279 g/mol. The molecule has 0 spiro atoms. The number of hydrogen-bond donors (Lipinski definition) is 1. The van der Waals surface area contributed by atoms with Gasteiger partial charge in [-0.25, -0.2) is 4.79 Å². The summed E-state index contributed by atoms with van der Waals surface area (Å²) in [5.74, 6) is -0.292. The number of rotatable bonds is 4. The number of carboxylic acids is 1. The van der Waals surface area contributed by atoms with Crippen molar-refractivity contribution in [1.82, 2.24) is 4.90 Å². The highest BCUT2D eigenvalue weighted by Gasteiger charge is 2.37. The predicted octanol–water partition coefficient (Wildman–Crippen LogP) is 2.17. The van der Waals surface area contributed by atoms with Crippen LogP contribution in [-0.4, -0.2) is 39.6 Å². The molecule has 0 radical (unpaired) electrons. The first-order chi connectivity index (χ1) is 9.15. The van der Waals surface area contributed by atoms with Gasteiger partial charge in [0.1, 0.15) is 6.04 Å². The molecule has 2 atom stereocenters. The predicted molar refractivity (Wildman–Crippen MR) is 75.1 cm³/mol. The molecule has 1 aliphatic rings. The lowest BCUT2D eigenvalue weighted by atomic mass is 9.95. The van der Waals surface area contributed by atoms with Crippen molar-refractivity contribution >= 4 is 23.6 Å². The van der Waals surface area contributed by atoms with Gasteiger partial charge in [-0.2, -0.15) is 0 Å². The molecule has 1 amide bonds. The van der Waals surface area contributed by atoms with Crippen LogP contribution in [0.3, 0.4) is 0 Å². The van der Waals surface area contributed by atoms with Gasteiger partial charge >= 0.3 is 5.97 Å². The summed E-state index contributed by atoms with van der Waals surface area (Å²) in [7, 11) is 0. The maximum Gasteiger partial charge on any atom is 0.327 e. The van der Waals surface area contributed by atoms with E-state index in [1.807, 2.05) is 37.3 Å². The Labute approximate surface area is 116 Å². The maximum atomic E-state index is 12.5. The van der Waals surface area contributed by atoms with E-state index in [0.29, 0.717) is 18.1 Å². The van der Waals surface area contributed by atoms with E-state index in [9.17, 15) is 9.59 Å². The number of aliphatic carboxylic acids is 1. The lowest BCUT2D eigenvalue weighted by Gasteiger charge is -2.25. The number of benzene rings is 1. The SMILES string of the molecule is CCC(C(=O)N1CSC[C@H]1C(=O)O)c1ccccc1. The fraction of sp³-hybridized carbons (Fsp3) is 0.429. The Kier molecular flexibility index (Phi) is 4.47. The second-order valence-corrected chi connectivity index (χ2v) is 5.53. The van der Waals surface area contributed by atoms with E-state index in [1.54, 1.807) is 0 Å². The molecule has 4 nitrogen and oxygen atoms in total. The molecule has 1 aromatic carbocycles. The van der Waals surface area contributed by atoms with Crippen molar-refractivity contribution in [2.24, 2.45) is 0 Å². The minimum atomic E-state index is -0.915. The molecule has 2 rings (SSSR count). The lowest BCUT2D eigenvalue weighted by molar-refractivity contribution is -0.148. The first-order valence-electron chi connectivity index (χ1n) is 6.31. The van der Waals surface area contributed by atoms with Crippen LogP contribution < -0.4 is 0 Å². The molecule has 0 aliphatic carbocycles. The maximum absolute atomic E-state index is 12.5. The molecule has 0 bridgehead atoms. The summed E-state index contributed by atoms with van der Waals surface area (Å²) >= 11 is 1.49. The number of carboxylic acid groups (broad SMARTS) is 1. The van der Waals surface area contributed by atoms with E-state index < -0.39 is 12.0 Å². The lowest BCUT2D eigenvalue weighted by Crippen LogP contribution is -2.43. The van der Waals surface area contributed by atoms with E-state index in [0.717, 1.165) is 5.56 Å². The number of hydrogen-bond acceptors (Lipinski definition) is 3. The number of carbonyl (C=O) groups is 2. The van der Waals surface area contributed by atoms with E-state index >= 15 is 0 Å². The summed E-state index contributed by atoms with van der Waals surface area (Å²) in [6, 6.07) is 8.87. The third-order valence-electron chi connectivity index (χ3n) is 3.36. The highest BCUT2D eigenvalue weighted by Crippen LogP contribution is 2.28. The molecular weight excluding hydrogens is 262 g/mol. The van der Waals surface area contributed by atoms with Crippen LogP contribution in [0, 0.1) is 0 Å². The van der Waals surface area contributed by atoms with Gasteiger partial charge in [0.05, 0.1) is 11.8 Å². The third kappa shape index (κ3) is 2.92. The molecule has 1 N–H and O–H groups in total. The Morgan fingerprint density at radius 2 is 2.11 bits per heavy atom. The molecule has 1 aromatic rings. The number of amides is 1. The Hall–Kier alpha value is -1.49. The first kappa shape index (κ1) is 13.9. The van der Waals surface area contributed by atoms with Gasteiger partial charge in [0.15, 0.2) is 0 Å².